The molecule has 106 valence electrons. The van der Waals surface area contributed by atoms with Crippen LogP contribution in [0.2, 0.25) is 0 Å². The molecule has 0 bridgehead atoms. The van der Waals surface area contributed by atoms with Gasteiger partial charge < -0.3 is 5.32 Å². The zero-order chi connectivity index (χ0) is 14.2. The summed E-state index contributed by atoms with van der Waals surface area (Å²) in [6, 6.07) is 12.4. The van der Waals surface area contributed by atoms with Gasteiger partial charge in [-0.15, -0.1) is 10.2 Å². The number of nitrogens with one attached hydrogen (secondary N) is 1. The fraction of sp³-hybridized carbons (Fsp3) is 0.312. The summed E-state index contributed by atoms with van der Waals surface area (Å²) in [5.41, 5.74) is 4.14. The molecule has 1 atom stereocenters. The number of hydrogen-bond acceptors (Lipinski definition) is 4. The zero-order valence-corrected chi connectivity index (χ0v) is 12.0. The van der Waals surface area contributed by atoms with Crippen LogP contribution in [0.3, 0.4) is 0 Å². The summed E-state index contributed by atoms with van der Waals surface area (Å²) in [6.45, 7) is 4.08. The molecule has 1 fully saturated rings. The summed E-state index contributed by atoms with van der Waals surface area (Å²) in [5, 5.41) is 16.7. The Hall–Kier alpha value is -2.27. The molecular formula is C16H17N5. The summed E-state index contributed by atoms with van der Waals surface area (Å²) >= 11 is 0. The summed E-state index contributed by atoms with van der Waals surface area (Å²) < 4.78 is 1.90. The highest BCUT2D eigenvalue weighted by atomic mass is 15.4. The fourth-order valence-corrected chi connectivity index (χ4v) is 2.81. The predicted octanol–water partition coefficient (Wildman–Crippen LogP) is 2.18. The van der Waals surface area contributed by atoms with E-state index in [4.69, 9.17) is 5.10 Å². The van der Waals surface area contributed by atoms with Crippen molar-refractivity contribution < 1.29 is 0 Å². The van der Waals surface area contributed by atoms with Gasteiger partial charge in [-0.05, 0) is 32.0 Å². The highest BCUT2D eigenvalue weighted by Crippen LogP contribution is 2.23. The van der Waals surface area contributed by atoms with Crippen molar-refractivity contribution in [2.45, 2.75) is 19.3 Å². The summed E-state index contributed by atoms with van der Waals surface area (Å²) in [6.07, 6.45) is 1.09. The van der Waals surface area contributed by atoms with Crippen molar-refractivity contribution in [3.8, 4) is 11.3 Å². The molecular weight excluding hydrogens is 262 g/mol. The Morgan fingerprint density at radius 1 is 1.10 bits per heavy atom. The Kier molecular flexibility index (Phi) is 2.93. The molecule has 5 heteroatoms. The molecule has 21 heavy (non-hydrogen) atoms. The molecule has 4 rings (SSSR count). The molecule has 0 spiro atoms. The normalized spacial score (nSPS) is 18.4. The standard InChI is InChI=1S/C16H17N5/c1-11-2-4-12(5-3-11)14-6-7-15-18-19-16(21(15)20-14)13-8-9-17-10-13/h2-7,13,17H,8-10H2,1H3/t13-/m0/s1. The van der Waals surface area contributed by atoms with Gasteiger partial charge in [-0.25, -0.2) is 0 Å². The van der Waals surface area contributed by atoms with Gasteiger partial charge in [0.05, 0.1) is 5.69 Å². The van der Waals surface area contributed by atoms with E-state index in [0.29, 0.717) is 5.92 Å². The second-order valence-corrected chi connectivity index (χ2v) is 5.60. The summed E-state index contributed by atoms with van der Waals surface area (Å²) in [4.78, 5) is 0. The Labute approximate surface area is 123 Å². The van der Waals surface area contributed by atoms with E-state index < -0.39 is 0 Å². The molecule has 3 heterocycles. The van der Waals surface area contributed by atoms with Crippen molar-refractivity contribution in [1.82, 2.24) is 25.1 Å². The maximum absolute atomic E-state index is 4.74. The lowest BCUT2D eigenvalue weighted by atomic mass is 10.1. The van der Waals surface area contributed by atoms with Crippen LogP contribution in [0.4, 0.5) is 0 Å². The van der Waals surface area contributed by atoms with E-state index in [9.17, 15) is 0 Å². The third-order valence-electron chi connectivity index (χ3n) is 4.06. The number of rotatable bonds is 2. The van der Waals surface area contributed by atoms with E-state index >= 15 is 0 Å². The first-order valence-electron chi connectivity index (χ1n) is 7.31. The van der Waals surface area contributed by atoms with Crippen molar-refractivity contribution in [3.63, 3.8) is 0 Å². The van der Waals surface area contributed by atoms with E-state index in [1.54, 1.807) is 0 Å². The van der Waals surface area contributed by atoms with Crippen LogP contribution in [-0.2, 0) is 0 Å². The molecule has 2 aromatic heterocycles. The molecule has 0 radical (unpaired) electrons. The van der Waals surface area contributed by atoms with E-state index in [2.05, 4.69) is 46.7 Å². The van der Waals surface area contributed by atoms with Crippen LogP contribution in [0.25, 0.3) is 16.9 Å². The zero-order valence-electron chi connectivity index (χ0n) is 12.0. The third kappa shape index (κ3) is 2.19. The predicted molar refractivity (Wildman–Crippen MR) is 81.2 cm³/mol. The first kappa shape index (κ1) is 12.5. The Balaban J connectivity index is 1.80. The minimum atomic E-state index is 0.403. The molecule has 1 N–H and O–H groups in total. The highest BCUT2D eigenvalue weighted by Gasteiger charge is 2.22. The van der Waals surface area contributed by atoms with Gasteiger partial charge in [0.15, 0.2) is 11.5 Å². The van der Waals surface area contributed by atoms with E-state index in [1.165, 1.54) is 5.56 Å². The number of nitrogens with zero attached hydrogens (tertiary/aromatic N) is 4. The average Bonchev–Trinajstić information content (AvgIpc) is 3.16. The lowest BCUT2D eigenvalue weighted by molar-refractivity contribution is 0.668. The van der Waals surface area contributed by atoms with Crippen LogP contribution in [0.1, 0.15) is 23.7 Å². The fourth-order valence-electron chi connectivity index (χ4n) is 2.81. The number of hydrogen-bond donors (Lipinski definition) is 1. The van der Waals surface area contributed by atoms with Crippen molar-refractivity contribution in [1.29, 1.82) is 0 Å². The Morgan fingerprint density at radius 2 is 1.95 bits per heavy atom. The summed E-state index contributed by atoms with van der Waals surface area (Å²) in [5.74, 6) is 1.37. The topological polar surface area (TPSA) is 55.1 Å². The molecule has 0 unspecified atom stereocenters. The second kappa shape index (κ2) is 4.93. The SMILES string of the molecule is Cc1ccc(-c2ccc3nnc([C@H]4CCNC4)n3n2)cc1. The van der Waals surface area contributed by atoms with Crippen LogP contribution in [0.15, 0.2) is 36.4 Å². The van der Waals surface area contributed by atoms with Gasteiger partial charge in [-0.2, -0.15) is 9.61 Å². The molecule has 5 nitrogen and oxygen atoms in total. The van der Waals surface area contributed by atoms with E-state index in [1.807, 2.05) is 16.6 Å². The van der Waals surface area contributed by atoms with Crippen LogP contribution >= 0.6 is 0 Å². The van der Waals surface area contributed by atoms with Gasteiger partial charge >= 0.3 is 0 Å². The van der Waals surface area contributed by atoms with Crippen molar-refractivity contribution in [2.75, 3.05) is 13.1 Å². The van der Waals surface area contributed by atoms with Gasteiger partial charge in [0, 0.05) is 18.0 Å². The first-order valence-corrected chi connectivity index (χ1v) is 7.31. The molecule has 1 aromatic carbocycles. The Morgan fingerprint density at radius 3 is 2.71 bits per heavy atom. The number of aryl methyl sites for hydroxylation is 1. The number of fused-ring (bicyclic) bond motifs is 1. The lowest BCUT2D eigenvalue weighted by Crippen LogP contribution is -2.11. The smallest absolute Gasteiger partial charge is 0.177 e. The highest BCUT2D eigenvalue weighted by molar-refractivity contribution is 5.60. The first-order chi connectivity index (χ1) is 10.3. The molecule has 1 aliphatic rings. The Bertz CT molecular complexity index is 769. The molecule has 1 aliphatic heterocycles. The van der Waals surface area contributed by atoms with E-state index in [-0.39, 0.29) is 0 Å². The van der Waals surface area contributed by atoms with Gasteiger partial charge in [0.1, 0.15) is 0 Å². The number of aromatic nitrogens is 4. The molecule has 1 saturated heterocycles. The van der Waals surface area contributed by atoms with Crippen LogP contribution in [-0.4, -0.2) is 32.9 Å². The largest absolute Gasteiger partial charge is 0.316 e. The second-order valence-electron chi connectivity index (χ2n) is 5.60. The van der Waals surface area contributed by atoms with Crippen LogP contribution in [0.5, 0.6) is 0 Å². The maximum Gasteiger partial charge on any atom is 0.177 e. The minimum absolute atomic E-state index is 0.403. The lowest BCUT2D eigenvalue weighted by Gasteiger charge is -2.07. The van der Waals surface area contributed by atoms with Crippen molar-refractivity contribution >= 4 is 5.65 Å². The number of benzene rings is 1. The molecule has 0 amide bonds. The van der Waals surface area contributed by atoms with Gasteiger partial charge in [-0.3, -0.25) is 0 Å². The quantitative estimate of drug-likeness (QED) is 0.781. The van der Waals surface area contributed by atoms with Crippen molar-refractivity contribution in [2.24, 2.45) is 0 Å². The van der Waals surface area contributed by atoms with Gasteiger partial charge in [0.25, 0.3) is 0 Å². The average molecular weight is 279 g/mol. The van der Waals surface area contributed by atoms with Crippen LogP contribution < -0.4 is 5.32 Å². The molecule has 0 saturated carbocycles. The van der Waals surface area contributed by atoms with Crippen LogP contribution in [0, 0.1) is 6.92 Å². The summed E-state index contributed by atoms with van der Waals surface area (Å²) in [7, 11) is 0. The molecule has 0 aliphatic carbocycles. The monoisotopic (exact) mass is 279 g/mol. The van der Waals surface area contributed by atoms with Crippen molar-refractivity contribution in [3.05, 3.63) is 47.8 Å². The maximum atomic E-state index is 4.74. The third-order valence-corrected chi connectivity index (χ3v) is 4.06. The molecule has 3 aromatic rings. The van der Waals surface area contributed by atoms with E-state index in [0.717, 1.165) is 42.2 Å². The minimum Gasteiger partial charge on any atom is -0.316 e. The van der Waals surface area contributed by atoms with Gasteiger partial charge in [0.2, 0.25) is 0 Å². The van der Waals surface area contributed by atoms with Gasteiger partial charge in [-0.1, -0.05) is 29.8 Å².